The number of rotatable bonds is 5. The molecule has 0 spiro atoms. The van der Waals surface area contributed by atoms with Gasteiger partial charge in [-0.05, 0) is 12.5 Å². The summed E-state index contributed by atoms with van der Waals surface area (Å²) < 4.78 is 3.17. The first-order chi connectivity index (χ1) is 9.78. The van der Waals surface area contributed by atoms with E-state index in [1.54, 1.807) is 33.7 Å². The van der Waals surface area contributed by atoms with Gasteiger partial charge in [-0.25, -0.2) is 4.52 Å². The second-order valence-corrected chi connectivity index (χ2v) is 5.38. The van der Waals surface area contributed by atoms with Gasteiger partial charge in [-0.2, -0.15) is 5.10 Å². The van der Waals surface area contributed by atoms with E-state index >= 15 is 0 Å². The standard InChI is InChI=1S/C12H14N6OS/c1-2-4-13-12-16-15-10(20-12)8-17-6-7-18-9(11(17)19)3-5-14-18/h3,5-7H,2,4,8H2,1H3,(H,13,16). The lowest BCUT2D eigenvalue weighted by Crippen LogP contribution is -2.21. The first kappa shape index (κ1) is 12.8. The molecule has 7 nitrogen and oxygen atoms in total. The normalized spacial score (nSPS) is 11.1. The van der Waals surface area contributed by atoms with Crippen LogP contribution in [0.5, 0.6) is 0 Å². The summed E-state index contributed by atoms with van der Waals surface area (Å²) in [6.07, 6.45) is 6.11. The number of anilines is 1. The highest BCUT2D eigenvalue weighted by Crippen LogP contribution is 2.15. The zero-order valence-electron chi connectivity index (χ0n) is 11.0. The summed E-state index contributed by atoms with van der Waals surface area (Å²) in [4.78, 5) is 12.2. The van der Waals surface area contributed by atoms with E-state index in [1.165, 1.54) is 11.3 Å². The van der Waals surface area contributed by atoms with Crippen LogP contribution in [-0.2, 0) is 6.54 Å². The Kier molecular flexibility index (Phi) is 3.46. The highest BCUT2D eigenvalue weighted by atomic mass is 32.1. The second kappa shape index (κ2) is 5.41. The van der Waals surface area contributed by atoms with E-state index in [-0.39, 0.29) is 5.56 Å². The number of hydrogen-bond acceptors (Lipinski definition) is 6. The predicted octanol–water partition coefficient (Wildman–Crippen LogP) is 1.22. The van der Waals surface area contributed by atoms with Gasteiger partial charge in [-0.1, -0.05) is 18.3 Å². The van der Waals surface area contributed by atoms with Gasteiger partial charge in [-0.3, -0.25) is 4.79 Å². The van der Waals surface area contributed by atoms with E-state index in [0.717, 1.165) is 23.1 Å². The summed E-state index contributed by atoms with van der Waals surface area (Å²) in [6, 6.07) is 1.70. The van der Waals surface area contributed by atoms with Crippen LogP contribution in [0.3, 0.4) is 0 Å². The molecule has 0 bridgehead atoms. The second-order valence-electron chi connectivity index (χ2n) is 4.32. The minimum Gasteiger partial charge on any atom is -0.360 e. The Morgan fingerprint density at radius 3 is 3.10 bits per heavy atom. The highest BCUT2D eigenvalue weighted by Gasteiger charge is 2.07. The van der Waals surface area contributed by atoms with E-state index in [1.807, 2.05) is 0 Å². The van der Waals surface area contributed by atoms with E-state index in [0.29, 0.717) is 12.1 Å². The third kappa shape index (κ3) is 2.42. The molecule has 104 valence electrons. The van der Waals surface area contributed by atoms with Crippen molar-refractivity contribution >= 4 is 22.0 Å². The maximum Gasteiger partial charge on any atom is 0.276 e. The molecule has 20 heavy (non-hydrogen) atoms. The maximum atomic E-state index is 12.2. The van der Waals surface area contributed by atoms with Gasteiger partial charge in [0.2, 0.25) is 5.13 Å². The molecule has 0 saturated heterocycles. The molecule has 0 aromatic carbocycles. The van der Waals surface area contributed by atoms with Crippen LogP contribution in [0.25, 0.3) is 5.52 Å². The Morgan fingerprint density at radius 1 is 1.35 bits per heavy atom. The van der Waals surface area contributed by atoms with Crippen molar-refractivity contribution in [3.8, 4) is 0 Å². The third-order valence-corrected chi connectivity index (χ3v) is 3.70. The zero-order chi connectivity index (χ0) is 13.9. The molecule has 0 fully saturated rings. The third-order valence-electron chi connectivity index (χ3n) is 2.84. The van der Waals surface area contributed by atoms with Crippen LogP contribution in [0.1, 0.15) is 18.4 Å². The van der Waals surface area contributed by atoms with Crippen LogP contribution in [0.4, 0.5) is 5.13 Å². The first-order valence-corrected chi connectivity index (χ1v) is 7.18. The van der Waals surface area contributed by atoms with Gasteiger partial charge in [-0.15, -0.1) is 10.2 Å². The topological polar surface area (TPSA) is 77.1 Å². The van der Waals surface area contributed by atoms with Crippen molar-refractivity contribution in [2.75, 3.05) is 11.9 Å². The van der Waals surface area contributed by atoms with Crippen LogP contribution in [0, 0.1) is 0 Å². The van der Waals surface area contributed by atoms with Crippen LogP contribution in [0.15, 0.2) is 29.5 Å². The largest absolute Gasteiger partial charge is 0.360 e. The lowest BCUT2D eigenvalue weighted by molar-refractivity contribution is 0.730. The molecule has 3 heterocycles. The minimum absolute atomic E-state index is 0.0803. The van der Waals surface area contributed by atoms with Gasteiger partial charge in [0.1, 0.15) is 10.5 Å². The monoisotopic (exact) mass is 290 g/mol. The number of hydrogen-bond donors (Lipinski definition) is 1. The Hall–Kier alpha value is -2.22. The number of nitrogens with one attached hydrogen (secondary N) is 1. The molecule has 3 rings (SSSR count). The minimum atomic E-state index is -0.0803. The molecule has 0 atom stereocenters. The quantitative estimate of drug-likeness (QED) is 0.764. The number of nitrogens with zero attached hydrogens (tertiary/aromatic N) is 5. The molecule has 0 aliphatic carbocycles. The van der Waals surface area contributed by atoms with Gasteiger partial charge in [0, 0.05) is 18.9 Å². The van der Waals surface area contributed by atoms with Crippen molar-refractivity contribution in [2.24, 2.45) is 0 Å². The predicted molar refractivity (Wildman–Crippen MR) is 77.2 cm³/mol. The van der Waals surface area contributed by atoms with Gasteiger partial charge in [0.25, 0.3) is 5.56 Å². The lowest BCUT2D eigenvalue weighted by Gasteiger charge is -2.02. The van der Waals surface area contributed by atoms with Crippen molar-refractivity contribution in [3.63, 3.8) is 0 Å². The van der Waals surface area contributed by atoms with Crippen LogP contribution in [0.2, 0.25) is 0 Å². The SMILES string of the molecule is CCCNc1nnc(Cn2ccn3nccc3c2=O)s1. The molecule has 0 radical (unpaired) electrons. The first-order valence-electron chi connectivity index (χ1n) is 6.37. The fraction of sp³-hybridized carbons (Fsp3) is 0.333. The fourth-order valence-electron chi connectivity index (χ4n) is 1.85. The van der Waals surface area contributed by atoms with E-state index in [2.05, 4.69) is 27.5 Å². The smallest absolute Gasteiger partial charge is 0.276 e. The summed E-state index contributed by atoms with van der Waals surface area (Å²) in [7, 11) is 0. The molecule has 0 unspecified atom stereocenters. The van der Waals surface area contributed by atoms with Crippen LogP contribution in [-0.4, -0.2) is 30.9 Å². The number of fused-ring (bicyclic) bond motifs is 1. The molecule has 8 heteroatoms. The Balaban J connectivity index is 1.83. The van der Waals surface area contributed by atoms with Gasteiger partial charge in [0.05, 0.1) is 12.7 Å². The molecule has 3 aromatic heterocycles. The molecule has 0 saturated carbocycles. The van der Waals surface area contributed by atoms with Crippen LogP contribution < -0.4 is 10.9 Å². The molecular weight excluding hydrogens is 276 g/mol. The Morgan fingerprint density at radius 2 is 2.25 bits per heavy atom. The van der Waals surface area contributed by atoms with E-state index in [9.17, 15) is 4.79 Å². The fourth-order valence-corrected chi connectivity index (χ4v) is 2.62. The zero-order valence-corrected chi connectivity index (χ0v) is 11.8. The van der Waals surface area contributed by atoms with Crippen molar-refractivity contribution in [2.45, 2.75) is 19.9 Å². The lowest BCUT2D eigenvalue weighted by atomic mass is 10.5. The van der Waals surface area contributed by atoms with Gasteiger partial charge >= 0.3 is 0 Å². The number of aromatic nitrogens is 5. The van der Waals surface area contributed by atoms with Crippen molar-refractivity contribution in [3.05, 3.63) is 40.0 Å². The van der Waals surface area contributed by atoms with Crippen molar-refractivity contribution < 1.29 is 0 Å². The summed E-state index contributed by atoms with van der Waals surface area (Å²) in [5, 5.41) is 17.0. The maximum absolute atomic E-state index is 12.2. The Labute approximate surface area is 118 Å². The molecular formula is C12H14N6OS. The van der Waals surface area contributed by atoms with Crippen LogP contribution >= 0.6 is 11.3 Å². The molecule has 1 N–H and O–H groups in total. The summed E-state index contributed by atoms with van der Waals surface area (Å²) >= 11 is 1.47. The average Bonchev–Trinajstić information content (AvgIpc) is 3.09. The van der Waals surface area contributed by atoms with Gasteiger partial charge in [0.15, 0.2) is 0 Å². The highest BCUT2D eigenvalue weighted by molar-refractivity contribution is 7.15. The van der Waals surface area contributed by atoms with Crippen molar-refractivity contribution in [1.29, 1.82) is 0 Å². The summed E-state index contributed by atoms with van der Waals surface area (Å²) in [6.45, 7) is 3.39. The van der Waals surface area contributed by atoms with Crippen molar-refractivity contribution in [1.82, 2.24) is 24.4 Å². The molecule has 0 aliphatic rings. The Bertz CT molecular complexity index is 773. The molecule has 0 aliphatic heterocycles. The van der Waals surface area contributed by atoms with Gasteiger partial charge < -0.3 is 9.88 Å². The molecule has 3 aromatic rings. The van der Waals surface area contributed by atoms with E-state index < -0.39 is 0 Å². The molecule has 0 amide bonds. The average molecular weight is 290 g/mol. The summed E-state index contributed by atoms with van der Waals surface area (Å²) in [5.41, 5.74) is 0.476. The van der Waals surface area contributed by atoms with E-state index in [4.69, 9.17) is 0 Å². The summed E-state index contributed by atoms with van der Waals surface area (Å²) in [5.74, 6) is 0.